The molecule has 0 radical (unpaired) electrons. The lowest BCUT2D eigenvalue weighted by molar-refractivity contribution is -0.0500. The number of alkyl halides is 3. The number of halogens is 3. The first kappa shape index (κ1) is 13.4. The molecular weight excluding hydrogens is 263 g/mol. The van der Waals surface area contributed by atoms with Crippen molar-refractivity contribution in [2.24, 2.45) is 0 Å². The third kappa shape index (κ3) is 3.16. The fraction of sp³-hybridized carbons (Fsp3) is 0.250. The maximum Gasteiger partial charge on any atom is 0.534 e. The summed E-state index contributed by atoms with van der Waals surface area (Å²) in [6, 6.07) is 0.860. The van der Waals surface area contributed by atoms with Crippen molar-refractivity contribution in [1.82, 2.24) is 4.98 Å². The standard InChI is InChI=1S/C8H6F3NO4S/c1-5(13)6-2-7(4-12-3-6)16-17(14,15)8(9,10)11/h2-4H,1H3. The molecule has 0 spiro atoms. The molecule has 0 unspecified atom stereocenters. The highest BCUT2D eigenvalue weighted by molar-refractivity contribution is 7.87. The Labute approximate surface area is 94.4 Å². The molecule has 0 atom stereocenters. The van der Waals surface area contributed by atoms with E-state index in [4.69, 9.17) is 0 Å². The first-order valence-corrected chi connectivity index (χ1v) is 5.51. The Hall–Kier alpha value is -1.64. The van der Waals surface area contributed by atoms with Gasteiger partial charge in [0.2, 0.25) is 0 Å². The maximum absolute atomic E-state index is 12.0. The predicted molar refractivity (Wildman–Crippen MR) is 49.8 cm³/mol. The quantitative estimate of drug-likeness (QED) is 0.472. The molecule has 1 aromatic rings. The van der Waals surface area contributed by atoms with E-state index < -0.39 is 27.2 Å². The maximum atomic E-state index is 12.0. The minimum atomic E-state index is -5.74. The molecule has 0 N–H and O–H groups in total. The second kappa shape index (κ2) is 4.32. The van der Waals surface area contributed by atoms with Crippen molar-refractivity contribution >= 4 is 15.9 Å². The molecule has 0 saturated heterocycles. The zero-order chi connectivity index (χ0) is 13.3. The van der Waals surface area contributed by atoms with Gasteiger partial charge in [-0.2, -0.15) is 21.6 Å². The van der Waals surface area contributed by atoms with Gasteiger partial charge in [-0.25, -0.2) is 0 Å². The van der Waals surface area contributed by atoms with Crippen LogP contribution in [0.25, 0.3) is 0 Å². The Bertz CT molecular complexity index is 538. The number of hydrogen-bond acceptors (Lipinski definition) is 5. The molecule has 94 valence electrons. The van der Waals surface area contributed by atoms with E-state index in [-0.39, 0.29) is 5.56 Å². The van der Waals surface area contributed by atoms with Crippen LogP contribution >= 0.6 is 0 Å². The van der Waals surface area contributed by atoms with Crippen LogP contribution in [0.2, 0.25) is 0 Å². The van der Waals surface area contributed by atoms with Crippen molar-refractivity contribution in [3.8, 4) is 5.75 Å². The zero-order valence-corrected chi connectivity index (χ0v) is 9.17. The van der Waals surface area contributed by atoms with Gasteiger partial charge in [-0.05, 0) is 13.0 Å². The van der Waals surface area contributed by atoms with E-state index in [1.54, 1.807) is 0 Å². The Morgan fingerprint density at radius 3 is 2.41 bits per heavy atom. The molecule has 5 nitrogen and oxygen atoms in total. The van der Waals surface area contributed by atoms with Crippen LogP contribution in [-0.4, -0.2) is 24.7 Å². The fourth-order valence-corrected chi connectivity index (χ4v) is 1.27. The number of aromatic nitrogens is 1. The Kier molecular flexibility index (Phi) is 3.41. The lowest BCUT2D eigenvalue weighted by Gasteiger charge is -2.09. The molecule has 0 aliphatic carbocycles. The van der Waals surface area contributed by atoms with Gasteiger partial charge < -0.3 is 4.18 Å². The Balaban J connectivity index is 3.05. The number of nitrogens with zero attached hydrogens (tertiary/aromatic N) is 1. The summed E-state index contributed by atoms with van der Waals surface area (Å²) < 4.78 is 61.0. The second-order valence-corrected chi connectivity index (χ2v) is 4.49. The molecule has 0 aliphatic heterocycles. The van der Waals surface area contributed by atoms with Crippen LogP contribution in [0.1, 0.15) is 17.3 Å². The molecule has 0 bridgehead atoms. The second-order valence-electron chi connectivity index (χ2n) is 2.95. The van der Waals surface area contributed by atoms with Gasteiger partial charge in [-0.15, -0.1) is 0 Å². The molecule has 0 aromatic carbocycles. The third-order valence-electron chi connectivity index (χ3n) is 1.61. The van der Waals surface area contributed by atoms with E-state index in [9.17, 15) is 26.4 Å². The van der Waals surface area contributed by atoms with E-state index in [2.05, 4.69) is 9.17 Å². The van der Waals surface area contributed by atoms with E-state index in [0.717, 1.165) is 25.4 Å². The van der Waals surface area contributed by atoms with Gasteiger partial charge in [0.1, 0.15) is 0 Å². The topological polar surface area (TPSA) is 73.3 Å². The number of pyridine rings is 1. The van der Waals surface area contributed by atoms with Gasteiger partial charge in [0.05, 0.1) is 6.20 Å². The summed E-state index contributed by atoms with van der Waals surface area (Å²) in [6.45, 7) is 1.15. The van der Waals surface area contributed by atoms with E-state index in [1.807, 2.05) is 0 Å². The Morgan fingerprint density at radius 2 is 1.94 bits per heavy atom. The molecule has 9 heteroatoms. The molecule has 1 rings (SSSR count). The van der Waals surface area contributed by atoms with Crippen molar-refractivity contribution < 1.29 is 30.6 Å². The summed E-state index contributed by atoms with van der Waals surface area (Å²) in [5, 5.41) is 0. The SMILES string of the molecule is CC(=O)c1cncc(OS(=O)(=O)C(F)(F)F)c1. The van der Waals surface area contributed by atoms with Crippen molar-refractivity contribution in [1.29, 1.82) is 0 Å². The zero-order valence-electron chi connectivity index (χ0n) is 8.35. The minimum absolute atomic E-state index is 0.0557. The van der Waals surface area contributed by atoms with Crippen LogP contribution in [-0.2, 0) is 10.1 Å². The van der Waals surface area contributed by atoms with Crippen molar-refractivity contribution in [2.45, 2.75) is 12.4 Å². The molecule has 0 fully saturated rings. The van der Waals surface area contributed by atoms with Gasteiger partial charge in [-0.1, -0.05) is 0 Å². The monoisotopic (exact) mass is 269 g/mol. The number of Topliss-reactive ketones (excluding diaryl/α,β-unsaturated/α-hetero) is 1. The molecule has 1 aromatic heterocycles. The van der Waals surface area contributed by atoms with Gasteiger partial charge in [0, 0.05) is 11.8 Å². The normalized spacial score (nSPS) is 12.2. The van der Waals surface area contributed by atoms with Gasteiger partial charge in [-0.3, -0.25) is 9.78 Å². The highest BCUT2D eigenvalue weighted by Gasteiger charge is 2.48. The summed E-state index contributed by atoms with van der Waals surface area (Å²) in [5.74, 6) is -1.15. The van der Waals surface area contributed by atoms with Crippen LogP contribution in [0.4, 0.5) is 13.2 Å². The molecule has 1 heterocycles. The largest absolute Gasteiger partial charge is 0.534 e. The van der Waals surface area contributed by atoms with E-state index >= 15 is 0 Å². The predicted octanol–water partition coefficient (Wildman–Crippen LogP) is 1.51. The molecular formula is C8H6F3NO4S. The summed E-state index contributed by atoms with van der Waals surface area (Å²) in [4.78, 5) is 14.3. The number of carbonyl (C=O) groups is 1. The Morgan fingerprint density at radius 1 is 1.35 bits per heavy atom. The van der Waals surface area contributed by atoms with Crippen molar-refractivity contribution in [2.75, 3.05) is 0 Å². The van der Waals surface area contributed by atoms with Crippen LogP contribution in [0.15, 0.2) is 18.5 Å². The average Bonchev–Trinajstić information content (AvgIpc) is 2.15. The highest BCUT2D eigenvalue weighted by atomic mass is 32.2. The minimum Gasteiger partial charge on any atom is -0.374 e. The lowest BCUT2D eigenvalue weighted by Crippen LogP contribution is -2.28. The van der Waals surface area contributed by atoms with Crippen LogP contribution in [0.5, 0.6) is 5.75 Å². The summed E-state index contributed by atoms with van der Waals surface area (Å²) >= 11 is 0. The van der Waals surface area contributed by atoms with Crippen LogP contribution < -0.4 is 4.18 Å². The first-order chi connectivity index (χ1) is 7.63. The highest BCUT2D eigenvalue weighted by Crippen LogP contribution is 2.26. The number of hydrogen-bond donors (Lipinski definition) is 0. The van der Waals surface area contributed by atoms with Gasteiger partial charge >= 0.3 is 15.6 Å². The molecule has 0 amide bonds. The summed E-state index contributed by atoms with van der Waals surface area (Å²) in [7, 11) is -5.74. The fourth-order valence-electron chi connectivity index (χ4n) is 0.831. The first-order valence-electron chi connectivity index (χ1n) is 4.10. The molecule has 0 aliphatic rings. The number of carbonyl (C=O) groups excluding carboxylic acids is 1. The van der Waals surface area contributed by atoms with Crippen molar-refractivity contribution in [3.63, 3.8) is 0 Å². The van der Waals surface area contributed by atoms with Gasteiger partial charge in [0.15, 0.2) is 11.5 Å². The van der Waals surface area contributed by atoms with E-state index in [0.29, 0.717) is 0 Å². The summed E-state index contributed by atoms with van der Waals surface area (Å²) in [5.41, 5.74) is -5.58. The van der Waals surface area contributed by atoms with Crippen molar-refractivity contribution in [3.05, 3.63) is 24.0 Å². The number of rotatable bonds is 3. The van der Waals surface area contributed by atoms with Crippen LogP contribution in [0, 0.1) is 0 Å². The average molecular weight is 269 g/mol. The third-order valence-corrected chi connectivity index (χ3v) is 2.59. The smallest absolute Gasteiger partial charge is 0.374 e. The van der Waals surface area contributed by atoms with Gasteiger partial charge in [0.25, 0.3) is 0 Å². The summed E-state index contributed by atoms with van der Waals surface area (Å²) in [6.07, 6.45) is 1.84. The number of ketones is 1. The molecule has 17 heavy (non-hydrogen) atoms. The lowest BCUT2D eigenvalue weighted by atomic mass is 10.2. The van der Waals surface area contributed by atoms with Crippen LogP contribution in [0.3, 0.4) is 0 Å². The molecule has 0 saturated carbocycles. The van der Waals surface area contributed by atoms with E-state index in [1.165, 1.54) is 0 Å².